The summed E-state index contributed by atoms with van der Waals surface area (Å²) >= 11 is 1.41. The number of nitrogens with zero attached hydrogens (tertiary/aromatic N) is 4. The Balaban J connectivity index is 1.95. The molecular formula is C16H18N4O3S. The largest absolute Gasteiger partial charge is 0.488 e. The number of hydrogen-bond donors (Lipinski definition) is 0. The van der Waals surface area contributed by atoms with Crippen LogP contribution in [0.2, 0.25) is 0 Å². The highest BCUT2D eigenvalue weighted by molar-refractivity contribution is 7.12. The van der Waals surface area contributed by atoms with Gasteiger partial charge in [-0.3, -0.25) is 0 Å². The van der Waals surface area contributed by atoms with E-state index in [0.717, 1.165) is 21.9 Å². The molecule has 126 valence electrons. The molecule has 0 radical (unpaired) electrons. The van der Waals surface area contributed by atoms with Gasteiger partial charge in [-0.15, -0.1) is 11.3 Å². The minimum atomic E-state index is -0.312. The maximum atomic E-state index is 12.1. The minimum Gasteiger partial charge on any atom is -0.488 e. The topological polar surface area (TPSA) is 71.2 Å². The number of para-hydroxylation sites is 1. The molecule has 0 aliphatic heterocycles. The van der Waals surface area contributed by atoms with E-state index in [4.69, 9.17) is 9.47 Å². The summed E-state index contributed by atoms with van der Waals surface area (Å²) in [6.07, 6.45) is 0. The Hall–Kier alpha value is -2.61. The van der Waals surface area contributed by atoms with E-state index < -0.39 is 0 Å². The highest BCUT2D eigenvalue weighted by atomic mass is 32.1. The summed E-state index contributed by atoms with van der Waals surface area (Å²) in [6, 6.07) is 7.78. The van der Waals surface area contributed by atoms with E-state index in [1.165, 1.54) is 20.7 Å². The van der Waals surface area contributed by atoms with Crippen LogP contribution in [0.1, 0.15) is 18.1 Å². The monoisotopic (exact) mass is 346 g/mol. The van der Waals surface area contributed by atoms with Crippen LogP contribution in [-0.2, 0) is 13.7 Å². The molecule has 2 heterocycles. The van der Waals surface area contributed by atoms with Gasteiger partial charge >= 0.3 is 5.69 Å². The summed E-state index contributed by atoms with van der Waals surface area (Å²) in [6.45, 7) is 4.72. The van der Waals surface area contributed by atoms with Crippen molar-refractivity contribution >= 4 is 11.3 Å². The van der Waals surface area contributed by atoms with Crippen LogP contribution in [0.3, 0.4) is 0 Å². The molecular weight excluding hydrogens is 328 g/mol. The van der Waals surface area contributed by atoms with Crippen LogP contribution in [0, 0.1) is 6.92 Å². The highest BCUT2D eigenvalue weighted by Gasteiger charge is 2.19. The zero-order valence-electron chi connectivity index (χ0n) is 13.7. The predicted molar refractivity (Wildman–Crippen MR) is 91.2 cm³/mol. The van der Waals surface area contributed by atoms with Crippen molar-refractivity contribution in [2.75, 3.05) is 6.61 Å². The maximum absolute atomic E-state index is 12.1. The van der Waals surface area contributed by atoms with Gasteiger partial charge in [0.05, 0.1) is 17.9 Å². The van der Waals surface area contributed by atoms with E-state index in [1.807, 2.05) is 43.5 Å². The Morgan fingerprint density at radius 3 is 2.67 bits per heavy atom. The molecule has 0 aliphatic carbocycles. The van der Waals surface area contributed by atoms with Gasteiger partial charge < -0.3 is 9.47 Å². The lowest BCUT2D eigenvalue weighted by Gasteiger charge is -2.11. The number of benzene rings is 1. The molecule has 0 atom stereocenters. The Kier molecular flexibility index (Phi) is 4.66. The zero-order valence-corrected chi connectivity index (χ0v) is 14.5. The lowest BCUT2D eigenvalue weighted by molar-refractivity contribution is 0.288. The molecule has 0 saturated carbocycles. The van der Waals surface area contributed by atoms with Crippen LogP contribution in [0.15, 0.2) is 34.4 Å². The van der Waals surface area contributed by atoms with Crippen molar-refractivity contribution in [3.8, 4) is 16.5 Å². The van der Waals surface area contributed by atoms with Gasteiger partial charge in [-0.05, 0) is 35.9 Å². The third kappa shape index (κ3) is 3.05. The Labute approximate surface area is 143 Å². The summed E-state index contributed by atoms with van der Waals surface area (Å²) < 4.78 is 14.0. The van der Waals surface area contributed by atoms with Gasteiger partial charge in [-0.1, -0.05) is 18.2 Å². The van der Waals surface area contributed by atoms with Gasteiger partial charge in [0.15, 0.2) is 5.06 Å². The van der Waals surface area contributed by atoms with Gasteiger partial charge in [0.2, 0.25) is 0 Å². The second-order valence-electron chi connectivity index (χ2n) is 5.17. The SMILES string of the molecule is CCOc1scc(-n2nnn(C)c2=O)c1COc1ccccc1C. The molecule has 0 aliphatic rings. The average molecular weight is 346 g/mol. The first-order valence-corrected chi connectivity index (χ1v) is 8.40. The van der Waals surface area contributed by atoms with E-state index in [0.29, 0.717) is 12.3 Å². The van der Waals surface area contributed by atoms with Crippen molar-refractivity contribution in [1.29, 1.82) is 0 Å². The third-order valence-corrected chi connectivity index (χ3v) is 4.44. The van der Waals surface area contributed by atoms with Crippen LogP contribution in [-0.4, -0.2) is 26.4 Å². The predicted octanol–water partition coefficient (Wildman–Crippen LogP) is 2.31. The van der Waals surface area contributed by atoms with Crippen molar-refractivity contribution in [3.05, 3.63) is 51.3 Å². The lowest BCUT2D eigenvalue weighted by Crippen LogP contribution is -2.22. The molecule has 7 nitrogen and oxygen atoms in total. The van der Waals surface area contributed by atoms with Crippen LogP contribution in [0.5, 0.6) is 10.8 Å². The second kappa shape index (κ2) is 6.88. The average Bonchev–Trinajstić information content (AvgIpc) is 3.11. The van der Waals surface area contributed by atoms with Crippen molar-refractivity contribution in [2.45, 2.75) is 20.5 Å². The number of ether oxygens (including phenoxy) is 2. The summed E-state index contributed by atoms with van der Waals surface area (Å²) in [5.41, 5.74) is 2.15. The van der Waals surface area contributed by atoms with E-state index in [1.54, 1.807) is 7.05 Å². The number of aryl methyl sites for hydroxylation is 2. The smallest absolute Gasteiger partial charge is 0.368 e. The van der Waals surface area contributed by atoms with Crippen molar-refractivity contribution in [3.63, 3.8) is 0 Å². The minimum absolute atomic E-state index is 0.280. The normalized spacial score (nSPS) is 10.8. The first-order valence-electron chi connectivity index (χ1n) is 7.52. The number of thiophene rings is 1. The van der Waals surface area contributed by atoms with Gasteiger partial charge in [0.25, 0.3) is 0 Å². The molecule has 0 bridgehead atoms. The number of rotatable bonds is 6. The van der Waals surface area contributed by atoms with Gasteiger partial charge in [-0.25, -0.2) is 4.79 Å². The Morgan fingerprint density at radius 2 is 2.00 bits per heavy atom. The molecule has 2 aromatic heterocycles. The van der Waals surface area contributed by atoms with E-state index in [2.05, 4.69) is 10.4 Å². The fourth-order valence-corrected chi connectivity index (χ4v) is 3.20. The zero-order chi connectivity index (χ0) is 17.1. The number of hydrogen-bond acceptors (Lipinski definition) is 6. The number of aromatic nitrogens is 4. The van der Waals surface area contributed by atoms with Gasteiger partial charge in [0.1, 0.15) is 12.4 Å². The molecule has 8 heteroatoms. The third-order valence-electron chi connectivity index (χ3n) is 3.52. The summed E-state index contributed by atoms with van der Waals surface area (Å²) in [7, 11) is 1.56. The van der Waals surface area contributed by atoms with Crippen molar-refractivity contribution in [1.82, 2.24) is 19.8 Å². The molecule has 0 fully saturated rings. The lowest BCUT2D eigenvalue weighted by atomic mass is 10.2. The Bertz CT molecular complexity index is 897. The molecule has 3 aromatic rings. The summed E-state index contributed by atoms with van der Waals surface area (Å²) in [5.74, 6) is 0.795. The molecule has 0 saturated heterocycles. The van der Waals surface area contributed by atoms with Gasteiger partial charge in [0, 0.05) is 12.4 Å². The summed E-state index contributed by atoms with van der Waals surface area (Å²) in [4.78, 5) is 12.1. The van der Waals surface area contributed by atoms with Crippen molar-refractivity contribution < 1.29 is 9.47 Å². The first kappa shape index (κ1) is 16.3. The van der Waals surface area contributed by atoms with E-state index in [9.17, 15) is 4.79 Å². The van der Waals surface area contributed by atoms with Gasteiger partial charge in [-0.2, -0.15) is 9.36 Å². The Morgan fingerprint density at radius 1 is 1.21 bits per heavy atom. The quantitative estimate of drug-likeness (QED) is 0.685. The van der Waals surface area contributed by atoms with Crippen LogP contribution in [0.25, 0.3) is 5.69 Å². The molecule has 0 amide bonds. The molecule has 24 heavy (non-hydrogen) atoms. The van der Waals surface area contributed by atoms with Crippen molar-refractivity contribution in [2.24, 2.45) is 7.05 Å². The molecule has 0 unspecified atom stereocenters. The molecule has 0 N–H and O–H groups in total. The summed E-state index contributed by atoms with van der Waals surface area (Å²) in [5, 5.41) is 10.2. The second-order valence-corrected chi connectivity index (χ2v) is 6.01. The first-order chi connectivity index (χ1) is 11.6. The fourth-order valence-electron chi connectivity index (χ4n) is 2.25. The highest BCUT2D eigenvalue weighted by Crippen LogP contribution is 2.33. The van der Waals surface area contributed by atoms with E-state index >= 15 is 0 Å². The number of tetrazole rings is 1. The maximum Gasteiger partial charge on any atom is 0.368 e. The van der Waals surface area contributed by atoms with Crippen LogP contribution in [0.4, 0.5) is 0 Å². The van der Waals surface area contributed by atoms with E-state index in [-0.39, 0.29) is 12.3 Å². The van der Waals surface area contributed by atoms with Crippen LogP contribution < -0.4 is 15.2 Å². The standard InChI is InChI=1S/C16H18N4O3S/c1-4-22-15-12(9-23-14-8-6-5-7-11(14)2)13(10-24-15)20-16(21)19(3)17-18-20/h5-8,10H,4,9H2,1-3H3. The fraction of sp³-hybridized carbons (Fsp3) is 0.312. The molecule has 1 aromatic carbocycles. The molecule has 0 spiro atoms. The van der Waals surface area contributed by atoms with Crippen LogP contribution >= 0.6 is 11.3 Å². The molecule has 3 rings (SSSR count).